The highest BCUT2D eigenvalue weighted by Gasteiger charge is 2.17. The van der Waals surface area contributed by atoms with Crippen molar-refractivity contribution in [1.82, 2.24) is 0 Å². The molecule has 2 aromatic rings. The topological polar surface area (TPSA) is 117 Å². The monoisotopic (exact) mass is 398 g/mol. The van der Waals surface area contributed by atoms with E-state index < -0.39 is 23.9 Å². The number of methoxy groups -OCH3 is 2. The van der Waals surface area contributed by atoms with Crippen molar-refractivity contribution in [3.05, 3.63) is 59.7 Å². The molecule has 0 aliphatic carbocycles. The molecule has 2 amide bonds. The molecule has 0 bridgehead atoms. The van der Waals surface area contributed by atoms with E-state index in [2.05, 4.69) is 5.32 Å². The molecule has 0 spiro atoms. The van der Waals surface area contributed by atoms with E-state index in [1.54, 1.807) is 18.2 Å². The number of esters is 1. The summed E-state index contributed by atoms with van der Waals surface area (Å²) in [7, 11) is 3.05. The van der Waals surface area contributed by atoms with Crippen LogP contribution in [0.25, 0.3) is 6.08 Å². The summed E-state index contributed by atoms with van der Waals surface area (Å²) in [6.07, 6.45) is 1.68. The summed E-state index contributed by atoms with van der Waals surface area (Å²) < 4.78 is 15.5. The number of anilines is 1. The van der Waals surface area contributed by atoms with Crippen LogP contribution in [0.4, 0.5) is 5.69 Å². The van der Waals surface area contributed by atoms with Gasteiger partial charge in [-0.2, -0.15) is 0 Å². The maximum atomic E-state index is 12.2. The number of hydrogen-bond acceptors (Lipinski definition) is 6. The van der Waals surface area contributed by atoms with Gasteiger partial charge in [0.05, 0.1) is 14.2 Å². The molecule has 0 fully saturated rings. The summed E-state index contributed by atoms with van der Waals surface area (Å²) in [5, 5.41) is 2.59. The molecule has 8 nitrogen and oxygen atoms in total. The number of hydrogen-bond donors (Lipinski definition) is 2. The highest BCUT2D eigenvalue weighted by Crippen LogP contribution is 2.25. The van der Waals surface area contributed by atoms with Gasteiger partial charge in [-0.25, -0.2) is 4.79 Å². The number of primary amides is 1. The van der Waals surface area contributed by atoms with Crippen LogP contribution < -0.4 is 20.5 Å². The van der Waals surface area contributed by atoms with E-state index in [-0.39, 0.29) is 0 Å². The first-order chi connectivity index (χ1) is 13.8. The molecule has 0 saturated carbocycles. The maximum absolute atomic E-state index is 12.2. The fourth-order valence-corrected chi connectivity index (χ4v) is 2.36. The third-order valence-electron chi connectivity index (χ3n) is 3.93. The van der Waals surface area contributed by atoms with Crippen molar-refractivity contribution < 1.29 is 28.6 Å². The van der Waals surface area contributed by atoms with Crippen LogP contribution in [0, 0.1) is 0 Å². The molecule has 2 rings (SSSR count). The van der Waals surface area contributed by atoms with Crippen molar-refractivity contribution in [3.8, 4) is 11.5 Å². The minimum absolute atomic E-state index is 0.320. The molecule has 1 atom stereocenters. The minimum Gasteiger partial charge on any atom is -0.497 e. The SMILES string of the molecule is COc1ccc(OC)c(/C=C/C(=O)O[C@@H](C)C(=O)Nc2ccc(C(N)=O)cc2)c1. The Kier molecular flexibility index (Phi) is 7.36. The van der Waals surface area contributed by atoms with Gasteiger partial charge in [-0.15, -0.1) is 0 Å². The molecule has 152 valence electrons. The van der Waals surface area contributed by atoms with E-state index in [9.17, 15) is 14.4 Å². The normalized spacial score (nSPS) is 11.6. The van der Waals surface area contributed by atoms with Gasteiger partial charge in [0, 0.05) is 22.9 Å². The van der Waals surface area contributed by atoms with Crippen molar-refractivity contribution in [2.45, 2.75) is 13.0 Å². The predicted molar refractivity (Wildman–Crippen MR) is 108 cm³/mol. The number of benzene rings is 2. The van der Waals surface area contributed by atoms with E-state index in [4.69, 9.17) is 19.9 Å². The van der Waals surface area contributed by atoms with Crippen LogP contribution in [-0.2, 0) is 14.3 Å². The Balaban J connectivity index is 1.96. The van der Waals surface area contributed by atoms with Crippen LogP contribution >= 0.6 is 0 Å². The smallest absolute Gasteiger partial charge is 0.331 e. The molecule has 29 heavy (non-hydrogen) atoms. The lowest BCUT2D eigenvalue weighted by molar-refractivity contribution is -0.148. The average Bonchev–Trinajstić information content (AvgIpc) is 2.72. The first-order valence-corrected chi connectivity index (χ1v) is 8.65. The van der Waals surface area contributed by atoms with E-state index >= 15 is 0 Å². The minimum atomic E-state index is -1.03. The number of nitrogens with two attached hydrogens (primary N) is 1. The van der Waals surface area contributed by atoms with Crippen LogP contribution in [0.1, 0.15) is 22.8 Å². The van der Waals surface area contributed by atoms with Gasteiger partial charge in [0.1, 0.15) is 11.5 Å². The number of nitrogens with one attached hydrogen (secondary N) is 1. The van der Waals surface area contributed by atoms with E-state index in [0.717, 1.165) is 0 Å². The first kappa shape index (κ1) is 21.5. The Morgan fingerprint density at radius 1 is 1.03 bits per heavy atom. The molecule has 0 aliphatic rings. The van der Waals surface area contributed by atoms with Gasteiger partial charge in [0.25, 0.3) is 5.91 Å². The van der Waals surface area contributed by atoms with Gasteiger partial charge in [-0.3, -0.25) is 9.59 Å². The standard InChI is InChI=1S/C21H22N2O6/c1-13(21(26)23-16-7-4-14(5-8-16)20(22)25)29-19(24)11-6-15-12-17(27-2)9-10-18(15)28-3/h4-13H,1-3H3,(H2,22,25)(H,23,26)/b11-6+/t13-/m0/s1. The second kappa shape index (κ2) is 9.93. The van der Waals surface area contributed by atoms with Gasteiger partial charge < -0.3 is 25.3 Å². The number of carbonyl (C=O) groups is 3. The first-order valence-electron chi connectivity index (χ1n) is 8.65. The quantitative estimate of drug-likeness (QED) is 0.521. The lowest BCUT2D eigenvalue weighted by Gasteiger charge is -2.12. The lowest BCUT2D eigenvalue weighted by Crippen LogP contribution is -2.29. The Morgan fingerprint density at radius 3 is 2.31 bits per heavy atom. The van der Waals surface area contributed by atoms with Gasteiger partial charge >= 0.3 is 5.97 Å². The van der Waals surface area contributed by atoms with E-state index in [0.29, 0.717) is 28.3 Å². The molecule has 0 aliphatic heterocycles. The molecule has 3 N–H and O–H groups in total. The summed E-state index contributed by atoms with van der Waals surface area (Å²) in [6, 6.07) is 11.2. The molecule has 0 radical (unpaired) electrons. The summed E-state index contributed by atoms with van der Waals surface area (Å²) in [4.78, 5) is 35.3. The number of rotatable bonds is 8. The highest BCUT2D eigenvalue weighted by molar-refractivity contribution is 5.97. The molecule has 2 aromatic carbocycles. The lowest BCUT2D eigenvalue weighted by atomic mass is 10.1. The second-order valence-electron chi connectivity index (χ2n) is 5.95. The highest BCUT2D eigenvalue weighted by atomic mass is 16.5. The fraction of sp³-hybridized carbons (Fsp3) is 0.190. The number of amides is 2. The largest absolute Gasteiger partial charge is 0.497 e. The summed E-state index contributed by atoms with van der Waals surface area (Å²) in [5.41, 5.74) is 6.55. The van der Waals surface area contributed by atoms with Crippen LogP contribution in [0.15, 0.2) is 48.5 Å². The van der Waals surface area contributed by atoms with Crippen molar-refractivity contribution in [2.24, 2.45) is 5.73 Å². The van der Waals surface area contributed by atoms with Crippen LogP contribution in [0.3, 0.4) is 0 Å². The fourth-order valence-electron chi connectivity index (χ4n) is 2.36. The van der Waals surface area contributed by atoms with Gasteiger partial charge in [-0.1, -0.05) is 0 Å². The zero-order chi connectivity index (χ0) is 21.4. The summed E-state index contributed by atoms with van der Waals surface area (Å²) >= 11 is 0. The van der Waals surface area contributed by atoms with E-state index in [1.807, 2.05) is 0 Å². The van der Waals surface area contributed by atoms with Crippen LogP contribution in [0.5, 0.6) is 11.5 Å². The third-order valence-corrected chi connectivity index (χ3v) is 3.93. The Bertz CT molecular complexity index is 921. The molecular formula is C21H22N2O6. The summed E-state index contributed by atoms with van der Waals surface area (Å²) in [5.74, 6) is -0.613. The van der Waals surface area contributed by atoms with Gasteiger partial charge in [0.15, 0.2) is 6.10 Å². The third kappa shape index (κ3) is 6.10. The zero-order valence-electron chi connectivity index (χ0n) is 16.3. The van der Waals surface area contributed by atoms with Crippen molar-refractivity contribution in [2.75, 3.05) is 19.5 Å². The van der Waals surface area contributed by atoms with Crippen LogP contribution in [0.2, 0.25) is 0 Å². The number of ether oxygens (including phenoxy) is 3. The molecular weight excluding hydrogens is 376 g/mol. The van der Waals surface area contributed by atoms with Gasteiger partial charge in [-0.05, 0) is 55.5 Å². The number of carbonyl (C=O) groups excluding carboxylic acids is 3. The second-order valence-corrected chi connectivity index (χ2v) is 5.95. The molecule has 0 heterocycles. The van der Waals surface area contributed by atoms with Crippen LogP contribution in [-0.4, -0.2) is 38.1 Å². The van der Waals surface area contributed by atoms with Crippen molar-refractivity contribution in [1.29, 1.82) is 0 Å². The zero-order valence-corrected chi connectivity index (χ0v) is 16.3. The molecule has 0 saturated heterocycles. The van der Waals surface area contributed by atoms with Crippen molar-refractivity contribution in [3.63, 3.8) is 0 Å². The molecule has 8 heteroatoms. The average molecular weight is 398 g/mol. The maximum Gasteiger partial charge on any atom is 0.331 e. The predicted octanol–water partition coefficient (Wildman–Crippen LogP) is 2.39. The summed E-state index contributed by atoms with van der Waals surface area (Å²) in [6.45, 7) is 1.45. The Hall–Kier alpha value is -3.81. The van der Waals surface area contributed by atoms with Crippen molar-refractivity contribution >= 4 is 29.5 Å². The van der Waals surface area contributed by atoms with Gasteiger partial charge in [0.2, 0.25) is 5.91 Å². The Labute approximate surface area is 168 Å². The Morgan fingerprint density at radius 2 is 1.72 bits per heavy atom. The molecule has 0 aromatic heterocycles. The molecule has 0 unspecified atom stereocenters. The van der Waals surface area contributed by atoms with E-state index in [1.165, 1.54) is 57.6 Å².